The van der Waals surface area contributed by atoms with Crippen LogP contribution in [0.15, 0.2) is 36.5 Å². The number of hydrogen-bond acceptors (Lipinski definition) is 4. The third-order valence-corrected chi connectivity index (χ3v) is 4.65. The fraction of sp³-hybridized carbons (Fsp3) is 0.118. The molecule has 6 nitrogen and oxygen atoms in total. The van der Waals surface area contributed by atoms with Gasteiger partial charge in [-0.3, -0.25) is 4.79 Å². The number of halogens is 5. The number of anilines is 1. The average molecular weight is 432 g/mol. The number of rotatable bonds is 3. The fourth-order valence-corrected chi connectivity index (χ4v) is 2.87. The Balaban J connectivity index is 2.07. The van der Waals surface area contributed by atoms with Gasteiger partial charge in [0.1, 0.15) is 22.0 Å². The van der Waals surface area contributed by atoms with Gasteiger partial charge in [0.15, 0.2) is 6.20 Å². The minimum Gasteiger partial charge on any atom is -0.618 e. The molecular weight excluding hydrogens is 422 g/mol. The lowest BCUT2D eigenvalue weighted by atomic mass is 10.1. The Morgan fingerprint density at radius 2 is 1.93 bits per heavy atom. The van der Waals surface area contributed by atoms with Crippen LogP contribution in [0.2, 0.25) is 10.2 Å². The van der Waals surface area contributed by atoms with Gasteiger partial charge < -0.3 is 15.3 Å². The molecule has 1 N–H and O–H groups in total. The van der Waals surface area contributed by atoms with E-state index in [1.807, 2.05) is 0 Å². The molecule has 0 saturated heterocycles. The van der Waals surface area contributed by atoms with Crippen LogP contribution in [0.25, 0.3) is 10.9 Å². The molecule has 0 unspecified atom stereocenters. The van der Waals surface area contributed by atoms with Crippen molar-refractivity contribution in [1.82, 2.24) is 4.98 Å². The first-order valence-corrected chi connectivity index (χ1v) is 8.32. The summed E-state index contributed by atoms with van der Waals surface area (Å²) in [6.45, 7) is 0. The van der Waals surface area contributed by atoms with Crippen molar-refractivity contribution < 1.29 is 27.4 Å². The topological polar surface area (TPSA) is 78.2 Å². The van der Waals surface area contributed by atoms with Gasteiger partial charge in [-0.15, -0.1) is 0 Å². The van der Waals surface area contributed by atoms with Crippen molar-refractivity contribution in [2.24, 2.45) is 0 Å². The van der Waals surface area contributed by atoms with Gasteiger partial charge >= 0.3 is 11.3 Å². The van der Waals surface area contributed by atoms with Gasteiger partial charge in [-0.2, -0.15) is 17.9 Å². The van der Waals surface area contributed by atoms with Crippen molar-refractivity contribution in [3.05, 3.63) is 63.2 Å². The molecule has 0 aliphatic heterocycles. The first-order chi connectivity index (χ1) is 13.1. The number of fused-ring (bicyclic) bond motifs is 1. The number of nitrogens with zero attached hydrogens (tertiary/aromatic N) is 2. The molecule has 28 heavy (non-hydrogen) atoms. The predicted octanol–water partition coefficient (Wildman–Crippen LogP) is 4.45. The zero-order valence-corrected chi connectivity index (χ0v) is 15.5. The van der Waals surface area contributed by atoms with Crippen molar-refractivity contribution in [1.29, 1.82) is 0 Å². The van der Waals surface area contributed by atoms with Gasteiger partial charge in [0.05, 0.1) is 18.4 Å². The van der Waals surface area contributed by atoms with Crippen LogP contribution in [0.4, 0.5) is 18.9 Å². The fourth-order valence-electron chi connectivity index (χ4n) is 2.48. The molecule has 0 aliphatic carbocycles. The molecule has 2 aromatic heterocycles. The summed E-state index contributed by atoms with van der Waals surface area (Å²) < 4.78 is 44.3. The number of amides is 1. The zero-order chi connectivity index (χ0) is 20.6. The summed E-state index contributed by atoms with van der Waals surface area (Å²) in [5, 5.41) is 13.5. The van der Waals surface area contributed by atoms with E-state index < -0.39 is 17.8 Å². The van der Waals surface area contributed by atoms with E-state index in [2.05, 4.69) is 10.3 Å². The molecule has 0 bridgehead atoms. The summed E-state index contributed by atoms with van der Waals surface area (Å²) in [6.07, 6.45) is -3.63. The second kappa shape index (κ2) is 7.33. The molecule has 146 valence electrons. The van der Waals surface area contributed by atoms with Crippen LogP contribution in [0.1, 0.15) is 16.1 Å². The maximum absolute atomic E-state index is 13.0. The third-order valence-electron chi connectivity index (χ3n) is 3.81. The van der Waals surface area contributed by atoms with E-state index in [1.54, 1.807) is 0 Å². The number of carbonyl (C=O) groups excluding carboxylic acids is 1. The number of carbonyl (C=O) groups is 1. The molecule has 1 aromatic carbocycles. The Morgan fingerprint density at radius 1 is 1.21 bits per heavy atom. The monoisotopic (exact) mass is 431 g/mol. The van der Waals surface area contributed by atoms with Crippen molar-refractivity contribution in [2.45, 2.75) is 6.18 Å². The zero-order valence-electron chi connectivity index (χ0n) is 14.0. The molecule has 2 heterocycles. The molecule has 0 radical (unpaired) electrons. The van der Waals surface area contributed by atoms with Crippen molar-refractivity contribution in [2.75, 3.05) is 12.4 Å². The lowest BCUT2D eigenvalue weighted by Gasteiger charge is -2.13. The molecular formula is C17H10Cl2F3N3O3. The predicted molar refractivity (Wildman–Crippen MR) is 96.7 cm³/mol. The summed E-state index contributed by atoms with van der Waals surface area (Å²) >= 11 is 11.7. The molecule has 0 aliphatic rings. The highest BCUT2D eigenvalue weighted by Crippen LogP contribution is 2.35. The van der Waals surface area contributed by atoms with Crippen LogP contribution < -0.4 is 14.8 Å². The lowest BCUT2D eigenvalue weighted by Crippen LogP contribution is -2.28. The maximum atomic E-state index is 13.0. The normalized spacial score (nSPS) is 11.5. The Labute approximate surface area is 166 Å². The van der Waals surface area contributed by atoms with Gasteiger partial charge in [0, 0.05) is 11.5 Å². The summed E-state index contributed by atoms with van der Waals surface area (Å²) in [4.78, 5) is 16.1. The Morgan fingerprint density at radius 3 is 2.57 bits per heavy atom. The van der Waals surface area contributed by atoms with Crippen LogP contribution in [0.3, 0.4) is 0 Å². The Kier molecular flexibility index (Phi) is 5.22. The van der Waals surface area contributed by atoms with Crippen LogP contribution in [-0.2, 0) is 6.18 Å². The molecule has 0 fully saturated rings. The van der Waals surface area contributed by atoms with Gasteiger partial charge in [-0.25, -0.2) is 4.98 Å². The van der Waals surface area contributed by atoms with E-state index in [-0.39, 0.29) is 42.8 Å². The smallest absolute Gasteiger partial charge is 0.433 e. The van der Waals surface area contributed by atoms with Crippen molar-refractivity contribution >= 4 is 45.7 Å². The standard InChI is InChI=1S/C17H10Cl2F3N3O3/c1-28-11-4-3-10(8-2-5-12(17(20,21)22)24-14(8)11)23-16(26)9-6-7-25(27)15(19)13(9)18/h2-7H,1H3,(H,23,26). The largest absolute Gasteiger partial charge is 0.618 e. The average Bonchev–Trinajstić information content (AvgIpc) is 2.65. The van der Waals surface area contributed by atoms with E-state index in [1.165, 1.54) is 31.4 Å². The number of aromatic nitrogens is 2. The molecule has 0 spiro atoms. The quantitative estimate of drug-likeness (QED) is 0.377. The van der Waals surface area contributed by atoms with E-state index in [4.69, 9.17) is 27.9 Å². The number of ether oxygens (including phenoxy) is 1. The molecule has 3 aromatic rings. The summed E-state index contributed by atoms with van der Waals surface area (Å²) in [5.41, 5.74) is -1.08. The van der Waals surface area contributed by atoms with Crippen LogP contribution in [-0.4, -0.2) is 18.0 Å². The van der Waals surface area contributed by atoms with Crippen LogP contribution >= 0.6 is 23.2 Å². The van der Waals surface area contributed by atoms with E-state index >= 15 is 0 Å². The second-order valence-electron chi connectivity index (χ2n) is 5.52. The van der Waals surface area contributed by atoms with E-state index in [9.17, 15) is 23.2 Å². The number of alkyl halides is 3. The lowest BCUT2D eigenvalue weighted by molar-refractivity contribution is -0.602. The second-order valence-corrected chi connectivity index (χ2v) is 6.26. The Hall–Kier alpha value is -2.78. The number of methoxy groups -OCH3 is 1. The van der Waals surface area contributed by atoms with Gasteiger partial charge in [0.2, 0.25) is 0 Å². The SMILES string of the molecule is COc1ccc(NC(=O)c2cc[n+]([O-])c(Cl)c2Cl)c2ccc(C(F)(F)F)nc12. The summed E-state index contributed by atoms with van der Waals surface area (Å²) in [7, 11) is 1.29. The minimum atomic E-state index is -4.64. The number of benzene rings is 1. The van der Waals surface area contributed by atoms with Gasteiger partial charge in [-0.1, -0.05) is 11.6 Å². The number of hydrogen-bond donors (Lipinski definition) is 1. The highest BCUT2D eigenvalue weighted by molar-refractivity contribution is 6.42. The molecule has 11 heteroatoms. The van der Waals surface area contributed by atoms with Gasteiger partial charge in [-0.05, 0) is 35.9 Å². The van der Waals surface area contributed by atoms with E-state index in [0.717, 1.165) is 12.3 Å². The minimum absolute atomic E-state index is 0.0790. The first-order valence-electron chi connectivity index (χ1n) is 7.57. The Bertz CT molecular complexity index is 1090. The maximum Gasteiger partial charge on any atom is 0.433 e. The van der Waals surface area contributed by atoms with Crippen molar-refractivity contribution in [3.8, 4) is 5.75 Å². The van der Waals surface area contributed by atoms with Crippen LogP contribution in [0.5, 0.6) is 5.75 Å². The van der Waals surface area contributed by atoms with Crippen molar-refractivity contribution in [3.63, 3.8) is 0 Å². The molecule has 0 atom stereocenters. The third kappa shape index (κ3) is 3.63. The first kappa shape index (κ1) is 20.0. The number of pyridine rings is 2. The summed E-state index contributed by atoms with van der Waals surface area (Å²) in [6, 6.07) is 5.96. The van der Waals surface area contributed by atoms with E-state index in [0.29, 0.717) is 0 Å². The molecule has 0 saturated carbocycles. The van der Waals surface area contributed by atoms with Gasteiger partial charge in [0.25, 0.3) is 5.91 Å². The number of nitrogens with one attached hydrogen (secondary N) is 1. The highest BCUT2D eigenvalue weighted by atomic mass is 35.5. The highest BCUT2D eigenvalue weighted by Gasteiger charge is 2.33. The summed E-state index contributed by atoms with van der Waals surface area (Å²) in [5.74, 6) is -0.605. The molecule has 3 rings (SSSR count). The van der Waals surface area contributed by atoms with Crippen LogP contribution in [0, 0.1) is 5.21 Å². The molecule has 1 amide bonds.